The van der Waals surface area contributed by atoms with Gasteiger partial charge in [0.1, 0.15) is 5.69 Å². The summed E-state index contributed by atoms with van der Waals surface area (Å²) in [6, 6.07) is 4.90. The third kappa shape index (κ3) is 2.32. The van der Waals surface area contributed by atoms with E-state index in [1.807, 2.05) is 0 Å². The lowest BCUT2D eigenvalue weighted by atomic mass is 10.1. The fourth-order valence-electron chi connectivity index (χ4n) is 1.96. The van der Waals surface area contributed by atoms with Gasteiger partial charge in [-0.1, -0.05) is 0 Å². The van der Waals surface area contributed by atoms with Crippen molar-refractivity contribution < 1.29 is 19.0 Å². The number of methoxy groups -OCH3 is 3. The number of aryl methyl sites for hydroxylation is 1. The van der Waals surface area contributed by atoms with Crippen LogP contribution in [0.3, 0.4) is 0 Å². The van der Waals surface area contributed by atoms with Gasteiger partial charge in [0.05, 0.1) is 21.3 Å². The first-order chi connectivity index (χ1) is 9.62. The molecule has 0 fully saturated rings. The molecule has 0 amide bonds. The predicted molar refractivity (Wildman–Crippen MR) is 72.7 cm³/mol. The topological polar surface area (TPSA) is 62.6 Å². The Morgan fingerprint density at radius 1 is 1.10 bits per heavy atom. The summed E-state index contributed by atoms with van der Waals surface area (Å²) in [5, 5.41) is 3.99. The smallest absolute Gasteiger partial charge is 0.211 e. The molecule has 1 aromatic heterocycles. The van der Waals surface area contributed by atoms with Crippen molar-refractivity contribution in [3.63, 3.8) is 0 Å². The van der Waals surface area contributed by atoms with Crippen LogP contribution in [-0.4, -0.2) is 36.9 Å². The Hall–Kier alpha value is -2.50. The first kappa shape index (κ1) is 13.9. The summed E-state index contributed by atoms with van der Waals surface area (Å²) < 4.78 is 17.2. The highest BCUT2D eigenvalue weighted by Crippen LogP contribution is 2.38. The van der Waals surface area contributed by atoms with Gasteiger partial charge in [-0.15, -0.1) is 0 Å². The summed E-state index contributed by atoms with van der Waals surface area (Å²) in [4.78, 5) is 12.5. The van der Waals surface area contributed by atoms with Crippen LogP contribution in [0.2, 0.25) is 0 Å². The standard InChI is InChI=1S/C14H16N2O4/c1-16-10(5-6-15-16)13(17)9-7-11(18-2)14(20-4)12(8-9)19-3/h5-8H,1-4H3. The highest BCUT2D eigenvalue weighted by molar-refractivity contribution is 6.08. The molecule has 0 unspecified atom stereocenters. The summed E-state index contributed by atoms with van der Waals surface area (Å²) in [6.07, 6.45) is 1.57. The minimum atomic E-state index is -0.163. The maximum absolute atomic E-state index is 12.5. The van der Waals surface area contributed by atoms with E-state index in [4.69, 9.17) is 14.2 Å². The quantitative estimate of drug-likeness (QED) is 0.777. The van der Waals surface area contributed by atoms with E-state index in [0.29, 0.717) is 28.5 Å². The van der Waals surface area contributed by atoms with Crippen LogP contribution in [0.5, 0.6) is 17.2 Å². The van der Waals surface area contributed by atoms with E-state index in [-0.39, 0.29) is 5.78 Å². The normalized spacial score (nSPS) is 10.2. The van der Waals surface area contributed by atoms with Gasteiger partial charge in [-0.2, -0.15) is 5.10 Å². The Balaban J connectivity index is 2.53. The van der Waals surface area contributed by atoms with Crippen molar-refractivity contribution in [3.8, 4) is 17.2 Å². The summed E-state index contributed by atoms with van der Waals surface area (Å²) >= 11 is 0. The first-order valence-electron chi connectivity index (χ1n) is 5.95. The molecule has 1 aromatic carbocycles. The van der Waals surface area contributed by atoms with Gasteiger partial charge in [0, 0.05) is 18.8 Å². The van der Waals surface area contributed by atoms with Crippen LogP contribution in [0.1, 0.15) is 16.1 Å². The number of carbonyl (C=O) groups is 1. The minimum Gasteiger partial charge on any atom is -0.493 e. The summed E-state index contributed by atoms with van der Waals surface area (Å²) in [7, 11) is 6.25. The van der Waals surface area contributed by atoms with Gasteiger partial charge in [-0.25, -0.2) is 0 Å². The van der Waals surface area contributed by atoms with Crippen LogP contribution in [-0.2, 0) is 7.05 Å². The lowest BCUT2D eigenvalue weighted by Crippen LogP contribution is -2.09. The molecule has 2 rings (SSSR count). The lowest BCUT2D eigenvalue weighted by Gasteiger charge is -2.13. The fraction of sp³-hybridized carbons (Fsp3) is 0.286. The van der Waals surface area contributed by atoms with Crippen molar-refractivity contribution in [1.29, 1.82) is 0 Å². The van der Waals surface area contributed by atoms with E-state index >= 15 is 0 Å². The highest BCUT2D eigenvalue weighted by Gasteiger charge is 2.19. The number of ketones is 1. The molecule has 106 valence electrons. The number of ether oxygens (including phenoxy) is 3. The zero-order valence-corrected chi connectivity index (χ0v) is 11.8. The summed E-state index contributed by atoms with van der Waals surface area (Å²) in [6.45, 7) is 0. The van der Waals surface area contributed by atoms with Crippen molar-refractivity contribution >= 4 is 5.78 Å². The number of hydrogen-bond donors (Lipinski definition) is 0. The molecule has 6 nitrogen and oxygen atoms in total. The lowest BCUT2D eigenvalue weighted by molar-refractivity contribution is 0.102. The Bertz CT molecular complexity index is 609. The Morgan fingerprint density at radius 3 is 2.10 bits per heavy atom. The number of nitrogens with zero attached hydrogens (tertiary/aromatic N) is 2. The fourth-order valence-corrected chi connectivity index (χ4v) is 1.96. The second-order valence-corrected chi connectivity index (χ2v) is 4.08. The molecular formula is C14H16N2O4. The van der Waals surface area contributed by atoms with Crippen LogP contribution in [0.4, 0.5) is 0 Å². The van der Waals surface area contributed by atoms with Gasteiger partial charge >= 0.3 is 0 Å². The number of hydrogen-bond acceptors (Lipinski definition) is 5. The Kier molecular flexibility index (Phi) is 3.93. The molecule has 0 aliphatic heterocycles. The molecule has 0 aliphatic rings. The third-order valence-electron chi connectivity index (χ3n) is 2.98. The second-order valence-electron chi connectivity index (χ2n) is 4.08. The molecule has 2 aromatic rings. The summed E-state index contributed by atoms with van der Waals surface area (Å²) in [5.74, 6) is 1.18. The zero-order chi connectivity index (χ0) is 14.7. The van der Waals surface area contributed by atoms with Crippen molar-refractivity contribution in [2.45, 2.75) is 0 Å². The van der Waals surface area contributed by atoms with Crippen molar-refractivity contribution in [3.05, 3.63) is 35.7 Å². The van der Waals surface area contributed by atoms with Gasteiger partial charge in [-0.05, 0) is 18.2 Å². The summed E-state index contributed by atoms with van der Waals surface area (Å²) in [5.41, 5.74) is 0.933. The molecule has 20 heavy (non-hydrogen) atoms. The highest BCUT2D eigenvalue weighted by atomic mass is 16.5. The van der Waals surface area contributed by atoms with Crippen LogP contribution in [0, 0.1) is 0 Å². The van der Waals surface area contributed by atoms with E-state index in [1.165, 1.54) is 26.0 Å². The zero-order valence-electron chi connectivity index (χ0n) is 11.8. The minimum absolute atomic E-state index is 0.163. The molecular weight excluding hydrogens is 260 g/mol. The molecule has 0 bridgehead atoms. The predicted octanol–water partition coefficient (Wildman–Crippen LogP) is 1.68. The van der Waals surface area contributed by atoms with Gasteiger partial charge in [0.25, 0.3) is 0 Å². The van der Waals surface area contributed by atoms with E-state index in [0.717, 1.165) is 0 Å². The van der Waals surface area contributed by atoms with E-state index in [2.05, 4.69) is 5.10 Å². The molecule has 0 radical (unpaired) electrons. The van der Waals surface area contributed by atoms with E-state index < -0.39 is 0 Å². The van der Waals surface area contributed by atoms with Crippen molar-refractivity contribution in [2.75, 3.05) is 21.3 Å². The average molecular weight is 276 g/mol. The first-order valence-corrected chi connectivity index (χ1v) is 5.95. The number of carbonyl (C=O) groups excluding carboxylic acids is 1. The Morgan fingerprint density at radius 2 is 1.70 bits per heavy atom. The second kappa shape index (κ2) is 5.64. The molecule has 0 spiro atoms. The van der Waals surface area contributed by atoms with Crippen molar-refractivity contribution in [1.82, 2.24) is 9.78 Å². The molecule has 1 heterocycles. The van der Waals surface area contributed by atoms with Crippen LogP contribution >= 0.6 is 0 Å². The Labute approximate surface area is 116 Å². The molecule has 0 saturated carbocycles. The van der Waals surface area contributed by atoms with Crippen LogP contribution < -0.4 is 14.2 Å². The van der Waals surface area contributed by atoms with Crippen LogP contribution in [0.25, 0.3) is 0 Å². The third-order valence-corrected chi connectivity index (χ3v) is 2.98. The molecule has 0 saturated heterocycles. The maximum Gasteiger partial charge on any atom is 0.211 e. The van der Waals surface area contributed by atoms with Gasteiger partial charge in [0.2, 0.25) is 11.5 Å². The number of aromatic nitrogens is 2. The van der Waals surface area contributed by atoms with Gasteiger partial charge in [0.15, 0.2) is 11.5 Å². The maximum atomic E-state index is 12.5. The van der Waals surface area contributed by atoms with Crippen molar-refractivity contribution in [2.24, 2.45) is 7.05 Å². The molecule has 0 aliphatic carbocycles. The average Bonchev–Trinajstić information content (AvgIpc) is 2.90. The molecule has 0 atom stereocenters. The largest absolute Gasteiger partial charge is 0.493 e. The van der Waals surface area contributed by atoms with Gasteiger partial charge in [-0.3, -0.25) is 9.48 Å². The van der Waals surface area contributed by atoms with Crippen LogP contribution in [0.15, 0.2) is 24.4 Å². The number of rotatable bonds is 5. The van der Waals surface area contributed by atoms with E-state index in [9.17, 15) is 4.79 Å². The monoisotopic (exact) mass is 276 g/mol. The molecule has 0 N–H and O–H groups in total. The van der Waals surface area contributed by atoms with E-state index in [1.54, 1.807) is 31.4 Å². The molecule has 6 heteroatoms. The van der Waals surface area contributed by atoms with Gasteiger partial charge < -0.3 is 14.2 Å². The number of benzene rings is 1. The SMILES string of the molecule is COc1cc(C(=O)c2ccnn2C)cc(OC)c1OC.